The molecule has 4 heterocycles. The molecule has 41 heavy (non-hydrogen) atoms. The van der Waals surface area contributed by atoms with E-state index in [1.165, 1.54) is 4.90 Å². The number of nitrogens with two attached hydrogens (primary N) is 1. The molecule has 4 aliphatic rings. The van der Waals surface area contributed by atoms with E-state index >= 15 is 0 Å². The van der Waals surface area contributed by atoms with Gasteiger partial charge in [-0.25, -0.2) is 13.8 Å². The van der Waals surface area contributed by atoms with Crippen LogP contribution in [0.25, 0.3) is 0 Å². The topological polar surface area (TPSA) is 334 Å². The predicted molar refractivity (Wildman–Crippen MR) is 116 cm³/mol. The summed E-state index contributed by atoms with van der Waals surface area (Å²) < 4.78 is 47.8. The Balaban J connectivity index is 0.00000294. The van der Waals surface area contributed by atoms with Crippen LogP contribution in [-0.2, 0) is 32.0 Å². The van der Waals surface area contributed by atoms with Crippen LogP contribution in [0.2, 0.25) is 0 Å². The summed E-state index contributed by atoms with van der Waals surface area (Å²) in [5.74, 6) is -0.550. The Morgan fingerprint density at radius 1 is 1.05 bits per heavy atom. The standard InChI is InChI=1S/C16H31N5O16P2.2Na/c17-16-19-12-6(13(28)20-16)18-3-21(12)14-10(26)8(24)5(34-14)2-33-38(29,30)37-39(31,32)36-15-11(27)9(25)7(23)4(1-22)35-15;;/h4-12,14-16,18-19,22-27H,1-3,17H2,(H,20,28)(H,29,30)(H,31,32);;/q;2*+1/p-2/t4-,5-,6?,7-,8-,9+,10-,11+,12?,14-,15?,16?;;/m1../s1. The summed E-state index contributed by atoms with van der Waals surface area (Å²) in [5.41, 5.74) is 5.66. The SMILES string of the molecule is NC1N=C([O-])C2NCN([C@@H]3O[C@H](COP(=O)([O-])OP(=O)(O)OC4O[C@H](CO)[C@@H](O)[C@H](O)[C@@H]4O)[C@@H](O)[C@H]3O)C2N1.[Na+].[Na+]. The molecule has 6 unspecified atom stereocenters. The molecule has 14 atom stereocenters. The normalized spacial score (nSPS) is 44.1. The Labute approximate surface area is 276 Å². The number of ether oxygens (including phenoxy) is 2. The minimum atomic E-state index is -5.71. The van der Waals surface area contributed by atoms with E-state index in [0.717, 1.165) is 0 Å². The Hall–Kier alpha value is 1.25. The van der Waals surface area contributed by atoms with Gasteiger partial charge in [-0.05, 0) is 5.90 Å². The summed E-state index contributed by atoms with van der Waals surface area (Å²) in [7, 11) is -11.3. The first-order valence-corrected chi connectivity index (χ1v) is 14.4. The first kappa shape index (κ1) is 38.4. The fraction of sp³-hybridized carbons (Fsp3) is 0.938. The van der Waals surface area contributed by atoms with Gasteiger partial charge in [0.2, 0.25) is 0 Å². The Kier molecular flexibility index (Phi) is 14.3. The number of aliphatic hydroxyl groups excluding tert-OH is 6. The number of rotatable bonds is 9. The molecule has 4 aliphatic heterocycles. The second-order valence-corrected chi connectivity index (χ2v) is 12.0. The first-order valence-electron chi connectivity index (χ1n) is 11.4. The van der Waals surface area contributed by atoms with Crippen molar-refractivity contribution >= 4 is 21.5 Å². The van der Waals surface area contributed by atoms with Crippen LogP contribution in [0.4, 0.5) is 0 Å². The minimum absolute atomic E-state index is 0. The summed E-state index contributed by atoms with van der Waals surface area (Å²) in [6.07, 6.45) is -17.6. The Bertz CT molecular complexity index is 1020. The maximum Gasteiger partial charge on any atom is 1.00 e. The molecular formula is C16H29N5Na2O16P2. The summed E-state index contributed by atoms with van der Waals surface area (Å²) in [5, 5.41) is 77.0. The van der Waals surface area contributed by atoms with Crippen molar-refractivity contribution in [2.24, 2.45) is 10.7 Å². The average Bonchev–Trinajstić information content (AvgIpc) is 3.38. The van der Waals surface area contributed by atoms with Crippen LogP contribution in [0.5, 0.6) is 0 Å². The van der Waals surface area contributed by atoms with Crippen molar-refractivity contribution in [1.82, 2.24) is 15.5 Å². The summed E-state index contributed by atoms with van der Waals surface area (Å²) in [6.45, 7) is -1.92. The van der Waals surface area contributed by atoms with Crippen molar-refractivity contribution in [2.75, 3.05) is 19.9 Å². The second kappa shape index (κ2) is 15.2. The molecule has 3 saturated heterocycles. The number of nitrogens with zero attached hydrogens (tertiary/aromatic N) is 2. The van der Waals surface area contributed by atoms with Gasteiger partial charge in [0.15, 0.2) is 12.6 Å². The van der Waals surface area contributed by atoms with Crippen molar-refractivity contribution in [1.29, 1.82) is 0 Å². The van der Waals surface area contributed by atoms with Gasteiger partial charge in [-0.1, -0.05) is 0 Å². The number of nitrogens with one attached hydrogen (secondary N) is 2. The third-order valence-corrected chi connectivity index (χ3v) is 8.96. The Morgan fingerprint density at radius 2 is 1.68 bits per heavy atom. The molecule has 226 valence electrons. The molecule has 3 fully saturated rings. The van der Waals surface area contributed by atoms with Crippen LogP contribution in [0.3, 0.4) is 0 Å². The van der Waals surface area contributed by atoms with Gasteiger partial charge in [0.25, 0.3) is 7.82 Å². The molecule has 25 heteroatoms. The molecule has 21 nitrogen and oxygen atoms in total. The van der Waals surface area contributed by atoms with E-state index in [1.807, 2.05) is 0 Å². The fourth-order valence-corrected chi connectivity index (χ4v) is 6.58. The molecule has 4 rings (SSSR count). The monoisotopic (exact) mass is 655 g/mol. The molecule has 11 N–H and O–H groups in total. The molecule has 0 aromatic carbocycles. The predicted octanol–water partition coefficient (Wildman–Crippen LogP) is -14.0. The number of phosphoric ester groups is 2. The first-order chi connectivity index (χ1) is 18.1. The molecule has 0 bridgehead atoms. The molecule has 0 aromatic heterocycles. The molecule has 0 aromatic rings. The van der Waals surface area contributed by atoms with Gasteiger partial charge in [0.1, 0.15) is 49.0 Å². The van der Waals surface area contributed by atoms with Crippen molar-refractivity contribution < 1.29 is 137 Å². The molecule has 0 amide bonds. The van der Waals surface area contributed by atoms with Crippen LogP contribution >= 0.6 is 15.6 Å². The van der Waals surface area contributed by atoms with Crippen LogP contribution in [0, 0.1) is 0 Å². The Morgan fingerprint density at radius 3 is 2.32 bits per heavy atom. The third kappa shape index (κ3) is 8.74. The van der Waals surface area contributed by atoms with E-state index in [0.29, 0.717) is 0 Å². The summed E-state index contributed by atoms with van der Waals surface area (Å²) >= 11 is 0. The van der Waals surface area contributed by atoms with Gasteiger partial charge in [0, 0.05) is 0 Å². The van der Waals surface area contributed by atoms with Crippen LogP contribution < -0.4 is 85.5 Å². The van der Waals surface area contributed by atoms with Crippen LogP contribution in [-0.4, -0.2) is 140 Å². The molecule has 0 aliphatic carbocycles. The van der Waals surface area contributed by atoms with E-state index in [1.54, 1.807) is 0 Å². The van der Waals surface area contributed by atoms with Crippen molar-refractivity contribution in [3.63, 3.8) is 0 Å². The van der Waals surface area contributed by atoms with E-state index in [-0.39, 0.29) is 65.8 Å². The molecule has 0 spiro atoms. The molecule has 0 saturated carbocycles. The van der Waals surface area contributed by atoms with Crippen LogP contribution in [0.1, 0.15) is 0 Å². The number of hydrogen-bond acceptors (Lipinski definition) is 20. The number of hydrogen-bond donors (Lipinski definition) is 10. The van der Waals surface area contributed by atoms with Gasteiger partial charge in [-0.3, -0.25) is 30.4 Å². The zero-order valence-corrected chi connectivity index (χ0v) is 27.5. The number of phosphoric acid groups is 2. The average molecular weight is 655 g/mol. The van der Waals surface area contributed by atoms with E-state index < -0.39 is 108 Å². The summed E-state index contributed by atoms with van der Waals surface area (Å²) in [6, 6.07) is -0.828. The maximum atomic E-state index is 12.2. The van der Waals surface area contributed by atoms with Gasteiger partial charge in [0.05, 0.1) is 32.1 Å². The van der Waals surface area contributed by atoms with Gasteiger partial charge < -0.3 is 59.5 Å². The zero-order valence-electron chi connectivity index (χ0n) is 21.7. The van der Waals surface area contributed by atoms with Gasteiger partial charge in [-0.2, -0.15) is 0 Å². The van der Waals surface area contributed by atoms with E-state index in [4.69, 9.17) is 20.3 Å². The van der Waals surface area contributed by atoms with Gasteiger partial charge >= 0.3 is 66.9 Å². The number of fused-ring (bicyclic) bond motifs is 1. The molecule has 0 radical (unpaired) electrons. The second-order valence-electron chi connectivity index (χ2n) is 9.02. The smallest absolute Gasteiger partial charge is 0.861 e. The fourth-order valence-electron chi connectivity index (χ4n) is 4.46. The van der Waals surface area contributed by atoms with Crippen molar-refractivity contribution in [2.45, 2.75) is 73.7 Å². The van der Waals surface area contributed by atoms with Crippen LogP contribution in [0.15, 0.2) is 4.99 Å². The number of aliphatic imine (C=N–C) groups is 1. The number of aliphatic hydroxyl groups is 6. The van der Waals surface area contributed by atoms with Crippen molar-refractivity contribution in [3.05, 3.63) is 0 Å². The third-order valence-electron chi connectivity index (χ3n) is 6.39. The largest absolute Gasteiger partial charge is 1.00 e. The summed E-state index contributed by atoms with van der Waals surface area (Å²) in [4.78, 5) is 27.1. The molecular weight excluding hydrogens is 626 g/mol. The maximum absolute atomic E-state index is 12.2. The van der Waals surface area contributed by atoms with E-state index in [2.05, 4.69) is 29.0 Å². The van der Waals surface area contributed by atoms with Crippen molar-refractivity contribution in [3.8, 4) is 0 Å². The minimum Gasteiger partial charge on any atom is -0.861 e. The van der Waals surface area contributed by atoms with Gasteiger partial charge in [-0.15, -0.1) is 0 Å². The quantitative estimate of drug-likeness (QED) is 0.0814. The zero-order chi connectivity index (χ0) is 28.9. The van der Waals surface area contributed by atoms with E-state index in [9.17, 15) is 49.6 Å².